The van der Waals surface area contributed by atoms with E-state index in [1.165, 1.54) is 18.4 Å². The number of rotatable bonds is 3. The SMILES string of the molecule is CC(Cl)C1(Cc2cccc(Br)c2)CC1. The van der Waals surface area contributed by atoms with Crippen molar-refractivity contribution in [3.8, 4) is 0 Å². The van der Waals surface area contributed by atoms with Gasteiger partial charge in [-0.1, -0.05) is 28.1 Å². The maximum Gasteiger partial charge on any atom is 0.0367 e. The van der Waals surface area contributed by atoms with Crippen molar-refractivity contribution in [2.45, 2.75) is 31.6 Å². The van der Waals surface area contributed by atoms with Gasteiger partial charge in [0, 0.05) is 9.85 Å². The molecule has 76 valence electrons. The van der Waals surface area contributed by atoms with Crippen molar-refractivity contribution >= 4 is 27.5 Å². The van der Waals surface area contributed by atoms with Crippen molar-refractivity contribution in [2.75, 3.05) is 0 Å². The predicted molar refractivity (Wildman–Crippen MR) is 64.8 cm³/mol. The Balaban J connectivity index is 2.11. The number of alkyl halides is 1. The van der Waals surface area contributed by atoms with Gasteiger partial charge >= 0.3 is 0 Å². The van der Waals surface area contributed by atoms with Gasteiger partial charge in [0.1, 0.15) is 0 Å². The molecule has 1 unspecified atom stereocenters. The van der Waals surface area contributed by atoms with Crippen LogP contribution in [-0.4, -0.2) is 5.38 Å². The molecule has 0 bridgehead atoms. The van der Waals surface area contributed by atoms with E-state index in [0.29, 0.717) is 10.8 Å². The Morgan fingerprint density at radius 3 is 2.71 bits per heavy atom. The van der Waals surface area contributed by atoms with Crippen LogP contribution < -0.4 is 0 Å². The highest BCUT2D eigenvalue weighted by atomic mass is 79.9. The summed E-state index contributed by atoms with van der Waals surface area (Å²) in [5.41, 5.74) is 1.78. The molecule has 14 heavy (non-hydrogen) atoms. The van der Waals surface area contributed by atoms with Crippen molar-refractivity contribution < 1.29 is 0 Å². The van der Waals surface area contributed by atoms with Crippen LogP contribution in [0.1, 0.15) is 25.3 Å². The minimum atomic E-state index is 0.293. The summed E-state index contributed by atoms with van der Waals surface area (Å²) in [5.74, 6) is 0. The third-order valence-corrected chi connectivity index (χ3v) is 4.14. The summed E-state index contributed by atoms with van der Waals surface area (Å²) in [6.45, 7) is 2.12. The molecular weight excluding hydrogens is 259 g/mol. The predicted octanol–water partition coefficient (Wildman–Crippen LogP) is 4.40. The third-order valence-electron chi connectivity index (χ3n) is 3.18. The molecule has 0 saturated heterocycles. The van der Waals surface area contributed by atoms with Crippen LogP contribution in [0.15, 0.2) is 28.7 Å². The fraction of sp³-hybridized carbons (Fsp3) is 0.500. The van der Waals surface area contributed by atoms with Crippen LogP contribution in [0.25, 0.3) is 0 Å². The minimum Gasteiger partial charge on any atom is -0.123 e. The standard InChI is InChI=1S/C12H14BrCl/c1-9(14)12(5-6-12)8-10-3-2-4-11(13)7-10/h2-4,7,9H,5-6,8H2,1H3. The Labute approximate surface area is 98.8 Å². The molecule has 1 aliphatic rings. The first-order valence-corrected chi connectivity index (χ1v) is 6.24. The van der Waals surface area contributed by atoms with E-state index in [1.807, 2.05) is 0 Å². The van der Waals surface area contributed by atoms with Crippen molar-refractivity contribution in [1.82, 2.24) is 0 Å². The molecule has 0 aliphatic heterocycles. The molecule has 1 fully saturated rings. The molecule has 2 rings (SSSR count). The first-order chi connectivity index (χ1) is 6.62. The van der Waals surface area contributed by atoms with Gasteiger partial charge in [-0.25, -0.2) is 0 Å². The summed E-state index contributed by atoms with van der Waals surface area (Å²) in [4.78, 5) is 0. The Morgan fingerprint density at radius 2 is 2.21 bits per heavy atom. The lowest BCUT2D eigenvalue weighted by molar-refractivity contribution is 0.496. The fourth-order valence-corrected chi connectivity index (χ4v) is 2.67. The largest absolute Gasteiger partial charge is 0.123 e. The molecule has 0 nitrogen and oxygen atoms in total. The number of hydrogen-bond donors (Lipinski definition) is 0. The number of halogens is 2. The Hall–Kier alpha value is -0.0100. The fourth-order valence-electron chi connectivity index (χ4n) is 1.93. The van der Waals surface area contributed by atoms with Gasteiger partial charge in [0.2, 0.25) is 0 Å². The van der Waals surface area contributed by atoms with E-state index >= 15 is 0 Å². The molecule has 0 N–H and O–H groups in total. The van der Waals surface area contributed by atoms with Crippen LogP contribution in [0.5, 0.6) is 0 Å². The van der Waals surface area contributed by atoms with Gasteiger partial charge in [0.05, 0.1) is 0 Å². The Morgan fingerprint density at radius 1 is 1.50 bits per heavy atom. The molecule has 0 spiro atoms. The highest BCUT2D eigenvalue weighted by molar-refractivity contribution is 9.10. The van der Waals surface area contributed by atoms with E-state index in [2.05, 4.69) is 47.1 Å². The smallest absolute Gasteiger partial charge is 0.0367 e. The summed E-state index contributed by atoms with van der Waals surface area (Å²) in [6, 6.07) is 8.53. The summed E-state index contributed by atoms with van der Waals surface area (Å²) in [7, 11) is 0. The van der Waals surface area contributed by atoms with Gasteiger partial charge in [-0.2, -0.15) is 0 Å². The van der Waals surface area contributed by atoms with Crippen LogP contribution in [0.2, 0.25) is 0 Å². The van der Waals surface area contributed by atoms with Gasteiger partial charge in [-0.15, -0.1) is 11.6 Å². The monoisotopic (exact) mass is 272 g/mol. The van der Waals surface area contributed by atoms with Gasteiger partial charge in [0.15, 0.2) is 0 Å². The molecule has 1 saturated carbocycles. The normalized spacial score (nSPS) is 20.5. The van der Waals surface area contributed by atoms with E-state index in [1.54, 1.807) is 0 Å². The first kappa shape index (κ1) is 10.5. The van der Waals surface area contributed by atoms with Crippen molar-refractivity contribution in [3.63, 3.8) is 0 Å². The number of benzene rings is 1. The molecular formula is C12H14BrCl. The zero-order valence-corrected chi connectivity index (χ0v) is 10.6. The summed E-state index contributed by atoms with van der Waals surface area (Å²) in [5, 5.41) is 0.293. The van der Waals surface area contributed by atoms with Crippen molar-refractivity contribution in [1.29, 1.82) is 0 Å². The lowest BCUT2D eigenvalue weighted by atomic mass is 9.94. The van der Waals surface area contributed by atoms with Gasteiger partial charge < -0.3 is 0 Å². The molecule has 1 aromatic rings. The average molecular weight is 274 g/mol. The van der Waals surface area contributed by atoms with Crippen molar-refractivity contribution in [2.24, 2.45) is 5.41 Å². The highest BCUT2D eigenvalue weighted by Crippen LogP contribution is 2.53. The zero-order valence-electron chi connectivity index (χ0n) is 8.26. The van der Waals surface area contributed by atoms with E-state index in [0.717, 1.165) is 10.9 Å². The molecule has 0 aromatic heterocycles. The van der Waals surface area contributed by atoms with E-state index in [4.69, 9.17) is 11.6 Å². The Kier molecular flexibility index (Phi) is 2.90. The van der Waals surface area contributed by atoms with Crippen LogP contribution >= 0.6 is 27.5 Å². The van der Waals surface area contributed by atoms with Crippen LogP contribution in [0.3, 0.4) is 0 Å². The van der Waals surface area contributed by atoms with Gasteiger partial charge in [-0.05, 0) is 49.3 Å². The third kappa shape index (κ3) is 2.14. The highest BCUT2D eigenvalue weighted by Gasteiger charge is 2.46. The van der Waals surface area contributed by atoms with E-state index < -0.39 is 0 Å². The maximum absolute atomic E-state index is 6.21. The minimum absolute atomic E-state index is 0.293. The Bertz CT molecular complexity index is 329. The molecule has 1 aliphatic carbocycles. The van der Waals surface area contributed by atoms with E-state index in [9.17, 15) is 0 Å². The maximum atomic E-state index is 6.21. The van der Waals surface area contributed by atoms with Crippen molar-refractivity contribution in [3.05, 3.63) is 34.3 Å². The van der Waals surface area contributed by atoms with Crippen LogP contribution in [0, 0.1) is 5.41 Å². The van der Waals surface area contributed by atoms with E-state index in [-0.39, 0.29) is 0 Å². The summed E-state index contributed by atoms with van der Waals surface area (Å²) >= 11 is 9.70. The average Bonchev–Trinajstić information content (AvgIpc) is 2.85. The second-order valence-corrected chi connectivity index (χ2v) is 5.86. The molecule has 1 aromatic carbocycles. The molecule has 1 atom stereocenters. The van der Waals surface area contributed by atoms with Crippen LogP contribution in [-0.2, 0) is 6.42 Å². The molecule has 2 heteroatoms. The molecule has 0 heterocycles. The first-order valence-electron chi connectivity index (χ1n) is 5.01. The lowest BCUT2D eigenvalue weighted by Gasteiger charge is -2.17. The van der Waals surface area contributed by atoms with Gasteiger partial charge in [-0.3, -0.25) is 0 Å². The second kappa shape index (κ2) is 3.86. The molecule has 0 radical (unpaired) electrons. The lowest BCUT2D eigenvalue weighted by Crippen LogP contribution is -2.15. The van der Waals surface area contributed by atoms with Crippen LogP contribution in [0.4, 0.5) is 0 Å². The molecule has 0 amide bonds. The summed E-state index contributed by atoms with van der Waals surface area (Å²) in [6.07, 6.45) is 3.69. The quantitative estimate of drug-likeness (QED) is 0.716. The summed E-state index contributed by atoms with van der Waals surface area (Å²) < 4.78 is 1.16. The second-order valence-electron chi connectivity index (χ2n) is 4.29. The number of hydrogen-bond acceptors (Lipinski definition) is 0. The zero-order chi connectivity index (χ0) is 10.2. The van der Waals surface area contributed by atoms with Gasteiger partial charge in [0.25, 0.3) is 0 Å². The topological polar surface area (TPSA) is 0 Å².